The molecular formula is C21H28IN5O. The van der Waals surface area contributed by atoms with E-state index in [1.165, 1.54) is 5.56 Å². The number of benzene rings is 2. The van der Waals surface area contributed by atoms with Crippen LogP contribution in [0, 0.1) is 0 Å². The van der Waals surface area contributed by atoms with Gasteiger partial charge < -0.3 is 20.4 Å². The Hall–Kier alpha value is -2.13. The minimum absolute atomic E-state index is 0. The van der Waals surface area contributed by atoms with E-state index in [2.05, 4.69) is 50.2 Å². The molecule has 7 heteroatoms. The molecule has 0 aliphatic rings. The zero-order valence-corrected chi connectivity index (χ0v) is 18.5. The average molecular weight is 493 g/mol. The van der Waals surface area contributed by atoms with Gasteiger partial charge >= 0.3 is 0 Å². The molecule has 0 atom stereocenters. The average Bonchev–Trinajstić information content (AvgIpc) is 3.10. The molecule has 0 saturated heterocycles. The summed E-state index contributed by atoms with van der Waals surface area (Å²) in [5, 5.41) is 3.11. The summed E-state index contributed by atoms with van der Waals surface area (Å²) in [6.07, 6.45) is 2.81. The van der Waals surface area contributed by atoms with Gasteiger partial charge in [-0.05, 0) is 36.6 Å². The van der Waals surface area contributed by atoms with Gasteiger partial charge in [-0.2, -0.15) is 0 Å². The maximum atomic E-state index is 5.90. The molecular weight excluding hydrogens is 465 g/mol. The number of guanidine groups is 1. The Bertz CT molecular complexity index is 876. The molecule has 0 amide bonds. The number of imidazole rings is 1. The normalized spacial score (nSPS) is 11.4. The second-order valence-electron chi connectivity index (χ2n) is 6.36. The van der Waals surface area contributed by atoms with Crippen LogP contribution in [0.4, 0.5) is 0 Å². The molecule has 6 nitrogen and oxygen atoms in total. The Kier molecular flexibility index (Phi) is 9.22. The minimum Gasteiger partial charge on any atom is -0.382 e. The lowest BCUT2D eigenvalue weighted by Gasteiger charge is -2.07. The molecule has 0 aliphatic carbocycles. The standard InChI is InChI=1S/C21H27N5O.HI/c1-2-27-13-5-12-23-21(22)24-14-17-8-10-18(11-9-17)15-26-16-25-19-6-3-4-7-20(19)26;/h3-4,6-11,16H,2,5,12-15H2,1H3,(H3,22,23,24);1H. The van der Waals surface area contributed by atoms with Gasteiger partial charge in [-0.3, -0.25) is 0 Å². The molecule has 0 radical (unpaired) electrons. The quantitative estimate of drug-likeness (QED) is 0.207. The first-order chi connectivity index (χ1) is 13.3. The highest BCUT2D eigenvalue weighted by Gasteiger charge is 2.02. The van der Waals surface area contributed by atoms with Crippen molar-refractivity contribution in [3.05, 3.63) is 66.0 Å². The molecule has 150 valence electrons. The lowest BCUT2D eigenvalue weighted by molar-refractivity contribution is 0.145. The number of nitrogens with two attached hydrogens (primary N) is 1. The van der Waals surface area contributed by atoms with E-state index in [9.17, 15) is 0 Å². The number of para-hydroxylation sites is 2. The summed E-state index contributed by atoms with van der Waals surface area (Å²) in [5.74, 6) is 0.473. The van der Waals surface area contributed by atoms with Crippen LogP contribution < -0.4 is 11.1 Å². The van der Waals surface area contributed by atoms with Crippen LogP contribution in [0.25, 0.3) is 11.0 Å². The third-order valence-corrected chi connectivity index (χ3v) is 4.31. The molecule has 0 spiro atoms. The zero-order chi connectivity index (χ0) is 18.9. The number of halogens is 1. The van der Waals surface area contributed by atoms with E-state index in [-0.39, 0.29) is 24.0 Å². The van der Waals surface area contributed by atoms with E-state index in [1.807, 2.05) is 31.5 Å². The van der Waals surface area contributed by atoms with Crippen molar-refractivity contribution in [2.24, 2.45) is 10.7 Å². The summed E-state index contributed by atoms with van der Waals surface area (Å²) in [7, 11) is 0. The summed E-state index contributed by atoms with van der Waals surface area (Å²) in [5.41, 5.74) is 10.4. The number of hydrogen-bond donors (Lipinski definition) is 2. The molecule has 0 aliphatic heterocycles. The van der Waals surface area contributed by atoms with Crippen LogP contribution in [-0.4, -0.2) is 35.3 Å². The molecule has 28 heavy (non-hydrogen) atoms. The Labute approximate surface area is 183 Å². The number of aliphatic imine (C=N–C) groups is 1. The summed E-state index contributed by atoms with van der Waals surface area (Å²) >= 11 is 0. The Morgan fingerprint density at radius 1 is 1.14 bits per heavy atom. The van der Waals surface area contributed by atoms with Crippen LogP contribution in [0.3, 0.4) is 0 Å². The summed E-state index contributed by atoms with van der Waals surface area (Å²) < 4.78 is 7.45. The third-order valence-electron chi connectivity index (χ3n) is 4.31. The number of nitrogens with zero attached hydrogens (tertiary/aromatic N) is 3. The van der Waals surface area contributed by atoms with E-state index in [1.54, 1.807) is 0 Å². The Morgan fingerprint density at radius 2 is 1.89 bits per heavy atom. The van der Waals surface area contributed by atoms with Gasteiger partial charge in [0.05, 0.1) is 23.9 Å². The van der Waals surface area contributed by atoms with Gasteiger partial charge in [0.15, 0.2) is 5.96 Å². The van der Waals surface area contributed by atoms with Crippen molar-refractivity contribution >= 4 is 41.0 Å². The highest BCUT2D eigenvalue weighted by molar-refractivity contribution is 14.0. The van der Waals surface area contributed by atoms with Crippen LogP contribution in [-0.2, 0) is 17.8 Å². The topological polar surface area (TPSA) is 77.5 Å². The van der Waals surface area contributed by atoms with E-state index < -0.39 is 0 Å². The fourth-order valence-electron chi connectivity index (χ4n) is 2.85. The third kappa shape index (κ3) is 6.49. The monoisotopic (exact) mass is 493 g/mol. The number of fused-ring (bicyclic) bond motifs is 1. The minimum atomic E-state index is 0. The first-order valence-corrected chi connectivity index (χ1v) is 9.35. The SMILES string of the molecule is CCOCCCNC(N)=NCc1ccc(Cn2cnc3ccccc32)cc1.I. The molecule has 0 saturated carbocycles. The van der Waals surface area contributed by atoms with Gasteiger partial charge in [-0.1, -0.05) is 36.4 Å². The van der Waals surface area contributed by atoms with E-state index in [0.29, 0.717) is 12.5 Å². The molecule has 3 aromatic rings. The predicted molar refractivity (Wildman–Crippen MR) is 125 cm³/mol. The van der Waals surface area contributed by atoms with Crippen molar-refractivity contribution in [1.29, 1.82) is 0 Å². The van der Waals surface area contributed by atoms with Gasteiger partial charge in [-0.15, -0.1) is 24.0 Å². The second-order valence-corrected chi connectivity index (χ2v) is 6.36. The first kappa shape index (κ1) is 22.2. The first-order valence-electron chi connectivity index (χ1n) is 9.35. The van der Waals surface area contributed by atoms with Crippen LogP contribution in [0.5, 0.6) is 0 Å². The van der Waals surface area contributed by atoms with Crippen molar-refractivity contribution < 1.29 is 4.74 Å². The summed E-state index contributed by atoms with van der Waals surface area (Å²) in [6.45, 7) is 5.62. The number of aromatic nitrogens is 2. The fraction of sp³-hybridized carbons (Fsp3) is 0.333. The number of ether oxygens (including phenoxy) is 1. The lowest BCUT2D eigenvalue weighted by Crippen LogP contribution is -2.32. The highest BCUT2D eigenvalue weighted by atomic mass is 127. The molecule has 1 aromatic heterocycles. The van der Waals surface area contributed by atoms with E-state index in [0.717, 1.165) is 49.3 Å². The highest BCUT2D eigenvalue weighted by Crippen LogP contribution is 2.14. The molecule has 0 bridgehead atoms. The van der Waals surface area contributed by atoms with Gasteiger partial charge in [0, 0.05) is 26.3 Å². The largest absolute Gasteiger partial charge is 0.382 e. The molecule has 0 fully saturated rings. The predicted octanol–water partition coefficient (Wildman–Crippen LogP) is 3.53. The van der Waals surface area contributed by atoms with Crippen molar-refractivity contribution in [3.63, 3.8) is 0 Å². The lowest BCUT2D eigenvalue weighted by atomic mass is 10.1. The van der Waals surface area contributed by atoms with E-state index >= 15 is 0 Å². The fourth-order valence-corrected chi connectivity index (χ4v) is 2.85. The zero-order valence-electron chi connectivity index (χ0n) is 16.2. The molecule has 0 unspecified atom stereocenters. The van der Waals surface area contributed by atoms with Gasteiger partial charge in [0.1, 0.15) is 0 Å². The van der Waals surface area contributed by atoms with Crippen molar-refractivity contribution in [2.45, 2.75) is 26.4 Å². The number of rotatable bonds is 9. The molecule has 3 N–H and O–H groups in total. The molecule has 2 aromatic carbocycles. The number of nitrogens with one attached hydrogen (secondary N) is 1. The van der Waals surface area contributed by atoms with Crippen molar-refractivity contribution in [2.75, 3.05) is 19.8 Å². The summed E-state index contributed by atoms with van der Waals surface area (Å²) in [4.78, 5) is 8.82. The maximum absolute atomic E-state index is 5.90. The second kappa shape index (κ2) is 11.7. The van der Waals surface area contributed by atoms with E-state index in [4.69, 9.17) is 10.5 Å². The van der Waals surface area contributed by atoms with Gasteiger partial charge in [0.2, 0.25) is 0 Å². The van der Waals surface area contributed by atoms with Crippen molar-refractivity contribution in [3.8, 4) is 0 Å². The smallest absolute Gasteiger partial charge is 0.188 e. The Morgan fingerprint density at radius 3 is 2.68 bits per heavy atom. The van der Waals surface area contributed by atoms with Crippen LogP contribution >= 0.6 is 24.0 Å². The maximum Gasteiger partial charge on any atom is 0.188 e. The summed E-state index contributed by atoms with van der Waals surface area (Å²) in [6, 6.07) is 16.6. The molecule has 3 rings (SSSR count). The van der Waals surface area contributed by atoms with Crippen LogP contribution in [0.2, 0.25) is 0 Å². The molecule has 1 heterocycles. The van der Waals surface area contributed by atoms with Crippen LogP contribution in [0.15, 0.2) is 59.9 Å². The number of hydrogen-bond acceptors (Lipinski definition) is 3. The Balaban J connectivity index is 0.00000280. The van der Waals surface area contributed by atoms with Gasteiger partial charge in [0.25, 0.3) is 0 Å². The van der Waals surface area contributed by atoms with Crippen molar-refractivity contribution in [1.82, 2.24) is 14.9 Å². The van der Waals surface area contributed by atoms with Gasteiger partial charge in [-0.25, -0.2) is 9.98 Å². The van der Waals surface area contributed by atoms with Crippen LogP contribution in [0.1, 0.15) is 24.5 Å².